The van der Waals surface area contributed by atoms with Gasteiger partial charge >= 0.3 is 0 Å². The van der Waals surface area contributed by atoms with E-state index in [1.54, 1.807) is 19.1 Å². The number of aliphatic hydroxyl groups excluding tert-OH is 1. The van der Waals surface area contributed by atoms with Gasteiger partial charge in [-0.05, 0) is 37.1 Å². The number of aryl methyl sites for hydroxylation is 1. The molecule has 6 heteroatoms. The van der Waals surface area contributed by atoms with Crippen LogP contribution in [0.3, 0.4) is 0 Å². The Labute approximate surface area is 152 Å². The molecule has 26 heavy (non-hydrogen) atoms. The zero-order valence-electron chi connectivity index (χ0n) is 14.9. The molecule has 3 aromatic rings. The van der Waals surface area contributed by atoms with Crippen LogP contribution < -0.4 is 4.90 Å². The molecule has 0 saturated heterocycles. The minimum Gasteiger partial charge on any atom is -0.391 e. The molecule has 2 aromatic carbocycles. The number of aliphatic hydroxyl groups is 1. The van der Waals surface area contributed by atoms with Gasteiger partial charge in [-0.3, -0.25) is 0 Å². The lowest BCUT2D eigenvalue weighted by Gasteiger charge is -2.25. The number of halogens is 1. The van der Waals surface area contributed by atoms with Crippen LogP contribution in [-0.4, -0.2) is 27.9 Å². The maximum Gasteiger partial charge on any atom is 0.246 e. The lowest BCUT2D eigenvalue weighted by Crippen LogP contribution is -2.31. The molecule has 0 spiro atoms. The predicted molar refractivity (Wildman–Crippen MR) is 98.2 cm³/mol. The molecule has 0 fully saturated rings. The molecule has 0 aliphatic heterocycles. The van der Waals surface area contributed by atoms with Crippen LogP contribution in [0.5, 0.6) is 0 Å². The number of para-hydroxylation sites is 1. The van der Waals surface area contributed by atoms with E-state index in [9.17, 15) is 9.50 Å². The number of nitrogens with zero attached hydrogens (tertiary/aromatic N) is 3. The molecule has 0 amide bonds. The van der Waals surface area contributed by atoms with Crippen LogP contribution >= 0.6 is 0 Å². The van der Waals surface area contributed by atoms with Gasteiger partial charge in [0.25, 0.3) is 0 Å². The smallest absolute Gasteiger partial charge is 0.246 e. The highest BCUT2D eigenvalue weighted by molar-refractivity contribution is 5.55. The topological polar surface area (TPSA) is 62.4 Å². The summed E-state index contributed by atoms with van der Waals surface area (Å²) in [5.74, 6) is 0.460. The highest BCUT2D eigenvalue weighted by atomic mass is 19.1. The Balaban J connectivity index is 1.81. The van der Waals surface area contributed by atoms with Gasteiger partial charge in [0.1, 0.15) is 5.82 Å². The van der Waals surface area contributed by atoms with E-state index in [1.165, 1.54) is 6.07 Å². The van der Waals surface area contributed by atoms with Crippen molar-refractivity contribution in [3.05, 3.63) is 65.8 Å². The zero-order chi connectivity index (χ0) is 18.5. The maximum absolute atomic E-state index is 13.8. The van der Waals surface area contributed by atoms with E-state index >= 15 is 0 Å². The molecule has 1 unspecified atom stereocenters. The Morgan fingerprint density at radius 2 is 1.96 bits per heavy atom. The first-order valence-corrected chi connectivity index (χ1v) is 8.64. The summed E-state index contributed by atoms with van der Waals surface area (Å²) in [5.41, 5.74) is 2.10. The van der Waals surface area contributed by atoms with Crippen LogP contribution in [-0.2, 0) is 6.54 Å². The number of aromatic nitrogens is 2. The quantitative estimate of drug-likeness (QED) is 0.695. The van der Waals surface area contributed by atoms with Crippen molar-refractivity contribution in [3.8, 4) is 11.4 Å². The van der Waals surface area contributed by atoms with Crippen molar-refractivity contribution in [2.45, 2.75) is 32.9 Å². The van der Waals surface area contributed by atoms with Gasteiger partial charge in [-0.25, -0.2) is 4.39 Å². The van der Waals surface area contributed by atoms with Gasteiger partial charge in [0.2, 0.25) is 11.7 Å². The summed E-state index contributed by atoms with van der Waals surface area (Å²) in [6, 6.07) is 14.6. The van der Waals surface area contributed by atoms with Gasteiger partial charge in [-0.15, -0.1) is 0 Å². The van der Waals surface area contributed by atoms with Crippen LogP contribution in [0.1, 0.15) is 24.8 Å². The highest BCUT2D eigenvalue weighted by Gasteiger charge is 2.16. The molecule has 0 aliphatic carbocycles. The average Bonchev–Trinajstić information content (AvgIpc) is 3.12. The zero-order valence-corrected chi connectivity index (χ0v) is 14.9. The van der Waals surface area contributed by atoms with E-state index in [0.29, 0.717) is 42.4 Å². The monoisotopic (exact) mass is 355 g/mol. The van der Waals surface area contributed by atoms with Gasteiger partial charge in [-0.2, -0.15) is 4.98 Å². The molecule has 3 rings (SSSR count). The molecular formula is C20H22FN3O2. The molecule has 1 N–H and O–H groups in total. The molecule has 136 valence electrons. The van der Waals surface area contributed by atoms with Crippen molar-refractivity contribution in [3.63, 3.8) is 0 Å². The number of hydrogen-bond acceptors (Lipinski definition) is 5. The second-order valence-electron chi connectivity index (χ2n) is 6.25. The maximum atomic E-state index is 13.8. The van der Waals surface area contributed by atoms with Crippen LogP contribution in [0, 0.1) is 12.7 Å². The minimum absolute atomic E-state index is 0.300. The lowest BCUT2D eigenvalue weighted by atomic mass is 10.1. The highest BCUT2D eigenvalue weighted by Crippen LogP contribution is 2.21. The Hall–Kier alpha value is -2.73. The summed E-state index contributed by atoms with van der Waals surface area (Å²) in [4.78, 5) is 6.37. The van der Waals surface area contributed by atoms with Crippen LogP contribution in [0.2, 0.25) is 0 Å². The second kappa shape index (κ2) is 8.10. The third-order valence-electron chi connectivity index (χ3n) is 4.25. The number of rotatable bonds is 7. The van der Waals surface area contributed by atoms with Crippen molar-refractivity contribution in [1.82, 2.24) is 10.1 Å². The Morgan fingerprint density at radius 3 is 2.65 bits per heavy atom. The third kappa shape index (κ3) is 4.26. The van der Waals surface area contributed by atoms with E-state index in [4.69, 9.17) is 4.52 Å². The fourth-order valence-electron chi connectivity index (χ4n) is 2.62. The van der Waals surface area contributed by atoms with Crippen molar-refractivity contribution >= 4 is 5.69 Å². The van der Waals surface area contributed by atoms with Gasteiger partial charge in [-0.1, -0.05) is 42.4 Å². The molecule has 1 atom stereocenters. The van der Waals surface area contributed by atoms with Crippen LogP contribution in [0.15, 0.2) is 53.1 Å². The standard InChI is InChI=1S/C20H22FN3O2/c1-3-17(25)12-24(16-7-5-4-6-8-16)13-19-22-20(23-26-19)15-10-9-14(2)18(21)11-15/h4-11,17,25H,3,12-13H2,1-2H3. The molecular weight excluding hydrogens is 333 g/mol. The number of anilines is 1. The summed E-state index contributed by atoms with van der Waals surface area (Å²) in [6.07, 6.45) is 0.199. The second-order valence-corrected chi connectivity index (χ2v) is 6.25. The molecule has 1 heterocycles. The van der Waals surface area contributed by atoms with Gasteiger partial charge in [0.15, 0.2) is 0 Å². The normalized spacial score (nSPS) is 12.2. The molecule has 5 nitrogen and oxygen atoms in total. The van der Waals surface area contributed by atoms with Gasteiger partial charge in [0.05, 0.1) is 12.6 Å². The van der Waals surface area contributed by atoms with Crippen molar-refractivity contribution < 1.29 is 14.0 Å². The summed E-state index contributed by atoms with van der Waals surface area (Å²) < 4.78 is 19.1. The van der Waals surface area contributed by atoms with Gasteiger partial charge < -0.3 is 14.5 Å². The first-order chi connectivity index (χ1) is 12.6. The fraction of sp³-hybridized carbons (Fsp3) is 0.300. The molecule has 0 saturated carbocycles. The molecule has 1 aromatic heterocycles. The fourth-order valence-corrected chi connectivity index (χ4v) is 2.62. The van der Waals surface area contributed by atoms with Gasteiger partial charge in [0, 0.05) is 17.8 Å². The third-order valence-corrected chi connectivity index (χ3v) is 4.25. The van der Waals surface area contributed by atoms with E-state index in [0.717, 1.165) is 5.69 Å². The molecule has 0 aliphatic rings. The molecule has 0 bridgehead atoms. The molecule has 0 radical (unpaired) electrons. The van der Waals surface area contributed by atoms with E-state index < -0.39 is 6.10 Å². The van der Waals surface area contributed by atoms with E-state index in [-0.39, 0.29) is 5.82 Å². The average molecular weight is 355 g/mol. The van der Waals surface area contributed by atoms with Crippen LogP contribution in [0.4, 0.5) is 10.1 Å². The number of benzene rings is 2. The van der Waals surface area contributed by atoms with Crippen LogP contribution in [0.25, 0.3) is 11.4 Å². The summed E-state index contributed by atoms with van der Waals surface area (Å²) >= 11 is 0. The van der Waals surface area contributed by atoms with Crippen molar-refractivity contribution in [2.75, 3.05) is 11.4 Å². The lowest BCUT2D eigenvalue weighted by molar-refractivity contribution is 0.174. The van der Waals surface area contributed by atoms with E-state index in [1.807, 2.05) is 42.2 Å². The number of hydrogen-bond donors (Lipinski definition) is 1. The Bertz CT molecular complexity index is 851. The van der Waals surface area contributed by atoms with Crippen molar-refractivity contribution in [2.24, 2.45) is 0 Å². The first kappa shape index (κ1) is 18.1. The first-order valence-electron chi connectivity index (χ1n) is 8.64. The predicted octanol–water partition coefficient (Wildman–Crippen LogP) is 3.96. The Morgan fingerprint density at radius 1 is 1.19 bits per heavy atom. The summed E-state index contributed by atoms with van der Waals surface area (Å²) in [5, 5.41) is 14.0. The SMILES string of the molecule is CCC(O)CN(Cc1nc(-c2ccc(C)c(F)c2)no1)c1ccccc1. The minimum atomic E-state index is -0.455. The summed E-state index contributed by atoms with van der Waals surface area (Å²) in [6.45, 7) is 4.46. The Kier molecular flexibility index (Phi) is 5.63. The summed E-state index contributed by atoms with van der Waals surface area (Å²) in [7, 11) is 0. The largest absolute Gasteiger partial charge is 0.391 e. The van der Waals surface area contributed by atoms with Crippen molar-refractivity contribution in [1.29, 1.82) is 0 Å². The van der Waals surface area contributed by atoms with E-state index in [2.05, 4.69) is 10.1 Å².